The Hall–Kier alpha value is -1.12. The average Bonchev–Trinajstić information content (AvgIpc) is 3.10. The van der Waals surface area contributed by atoms with E-state index >= 15 is 0 Å². The summed E-state index contributed by atoms with van der Waals surface area (Å²) in [7, 11) is -3.25. The second kappa shape index (κ2) is 6.17. The molecule has 1 atom stereocenters. The van der Waals surface area contributed by atoms with Crippen LogP contribution in [0.2, 0.25) is 0 Å². The molecule has 1 unspecified atom stereocenters. The molecule has 1 aliphatic heterocycles. The fourth-order valence-electron chi connectivity index (χ4n) is 2.53. The van der Waals surface area contributed by atoms with E-state index in [2.05, 4.69) is 15.9 Å². The van der Waals surface area contributed by atoms with Gasteiger partial charge in [0.2, 0.25) is 0 Å². The van der Waals surface area contributed by atoms with Crippen LogP contribution in [0.15, 0.2) is 38.7 Å². The highest BCUT2D eigenvalue weighted by molar-refractivity contribution is 9.10. The van der Waals surface area contributed by atoms with E-state index in [0.717, 1.165) is 4.88 Å². The molecule has 0 bridgehead atoms. The molecule has 118 valence electrons. The number of furan rings is 1. The third-order valence-electron chi connectivity index (χ3n) is 3.67. The lowest BCUT2D eigenvalue weighted by molar-refractivity contribution is 0.0733. The van der Waals surface area contributed by atoms with Crippen LogP contribution in [0.3, 0.4) is 0 Å². The Bertz CT molecular complexity index is 767. The Kier molecular flexibility index (Phi) is 4.42. The number of rotatable bonds is 2. The van der Waals surface area contributed by atoms with Gasteiger partial charge in [-0.05, 0) is 45.9 Å². The van der Waals surface area contributed by atoms with Crippen LogP contribution in [0, 0.1) is 0 Å². The molecule has 0 N–H and O–H groups in total. The fraction of sp³-hybridized carbons (Fsp3) is 0.357. The van der Waals surface area contributed by atoms with Gasteiger partial charge in [-0.2, -0.15) is 0 Å². The summed E-state index contributed by atoms with van der Waals surface area (Å²) >= 11 is 4.60. The van der Waals surface area contributed by atoms with Crippen molar-refractivity contribution in [2.45, 2.75) is 11.7 Å². The molecule has 3 rings (SSSR count). The number of thiophene rings is 1. The van der Waals surface area contributed by atoms with Crippen molar-refractivity contribution >= 4 is 43.0 Å². The number of carbonyl (C=O) groups excluding carboxylic acids is 1. The number of nitrogens with zero attached hydrogens (tertiary/aromatic N) is 1. The Balaban J connectivity index is 1.80. The number of hydrogen-bond donors (Lipinski definition) is 0. The minimum Gasteiger partial charge on any atom is -0.444 e. The summed E-state index contributed by atoms with van der Waals surface area (Å²) in [4.78, 5) is 14.8. The quantitative estimate of drug-likeness (QED) is 0.772. The monoisotopic (exact) mass is 403 g/mol. The molecule has 8 heteroatoms. The van der Waals surface area contributed by atoms with Crippen molar-refractivity contribution in [3.63, 3.8) is 0 Å². The second-order valence-electron chi connectivity index (χ2n) is 5.06. The molecule has 2 aromatic heterocycles. The second-order valence-corrected chi connectivity index (χ2v) is 9.12. The highest BCUT2D eigenvalue weighted by Crippen LogP contribution is 2.32. The van der Waals surface area contributed by atoms with Gasteiger partial charge in [0.15, 0.2) is 20.3 Å². The van der Waals surface area contributed by atoms with Crippen molar-refractivity contribution in [1.29, 1.82) is 0 Å². The smallest absolute Gasteiger partial charge is 0.289 e. The molecule has 22 heavy (non-hydrogen) atoms. The molecule has 1 fully saturated rings. The van der Waals surface area contributed by atoms with Crippen LogP contribution >= 0.6 is 27.3 Å². The molecule has 2 aromatic rings. The first-order valence-corrected chi connectivity index (χ1v) is 10.2. The first-order valence-electron chi connectivity index (χ1n) is 6.77. The SMILES string of the molecule is O=C(c1ccc(Br)o1)N1CCC(c2cccs2)S(=O)(=O)CC1. The summed E-state index contributed by atoms with van der Waals surface area (Å²) < 4.78 is 30.6. The molecule has 1 aliphatic rings. The van der Waals surface area contributed by atoms with E-state index in [1.807, 2.05) is 17.5 Å². The first-order chi connectivity index (χ1) is 10.5. The largest absolute Gasteiger partial charge is 0.444 e. The van der Waals surface area contributed by atoms with Gasteiger partial charge in [-0.25, -0.2) is 8.42 Å². The van der Waals surface area contributed by atoms with Gasteiger partial charge in [-0.1, -0.05) is 6.07 Å². The third kappa shape index (κ3) is 3.13. The lowest BCUT2D eigenvalue weighted by Crippen LogP contribution is -2.33. The first kappa shape index (κ1) is 15.8. The number of amides is 1. The van der Waals surface area contributed by atoms with Crippen LogP contribution in [0.4, 0.5) is 0 Å². The van der Waals surface area contributed by atoms with Crippen molar-refractivity contribution in [2.75, 3.05) is 18.8 Å². The molecule has 1 amide bonds. The Labute approximate surface area is 141 Å². The molecule has 5 nitrogen and oxygen atoms in total. The fourth-order valence-corrected chi connectivity index (χ4v) is 5.84. The molecular weight excluding hydrogens is 390 g/mol. The van der Waals surface area contributed by atoms with Gasteiger partial charge >= 0.3 is 0 Å². The molecule has 3 heterocycles. The molecule has 0 spiro atoms. The molecule has 1 saturated heterocycles. The maximum Gasteiger partial charge on any atom is 0.289 e. The van der Waals surface area contributed by atoms with Crippen LogP contribution in [-0.4, -0.2) is 38.1 Å². The zero-order valence-corrected chi connectivity index (χ0v) is 14.8. The lowest BCUT2D eigenvalue weighted by Gasteiger charge is -2.18. The van der Waals surface area contributed by atoms with Crippen molar-refractivity contribution in [3.05, 3.63) is 45.0 Å². The van der Waals surface area contributed by atoms with Gasteiger partial charge < -0.3 is 9.32 Å². The standard InChI is InChI=1S/C14H14BrNO4S2/c15-13-4-3-10(20-13)14(17)16-6-5-12(11-2-1-8-21-11)22(18,19)9-7-16/h1-4,8,12H,5-7,9H2. The van der Waals surface area contributed by atoms with Gasteiger partial charge in [0, 0.05) is 18.0 Å². The predicted octanol–water partition coefficient (Wildman–Crippen LogP) is 3.11. The number of carbonyl (C=O) groups is 1. The highest BCUT2D eigenvalue weighted by atomic mass is 79.9. The van der Waals surface area contributed by atoms with Crippen LogP contribution in [0.5, 0.6) is 0 Å². The zero-order chi connectivity index (χ0) is 15.7. The molecular formula is C14H14BrNO4S2. The van der Waals surface area contributed by atoms with Gasteiger partial charge in [0.05, 0.1) is 11.0 Å². The molecule has 0 aliphatic carbocycles. The maximum atomic E-state index is 12.4. The van der Waals surface area contributed by atoms with Crippen molar-refractivity contribution in [2.24, 2.45) is 0 Å². The van der Waals surface area contributed by atoms with Crippen molar-refractivity contribution in [3.8, 4) is 0 Å². The van der Waals surface area contributed by atoms with E-state index in [9.17, 15) is 13.2 Å². The Morgan fingerprint density at radius 1 is 1.32 bits per heavy atom. The third-order valence-corrected chi connectivity index (χ3v) is 7.34. The summed E-state index contributed by atoms with van der Waals surface area (Å²) in [6, 6.07) is 6.93. The van der Waals surface area contributed by atoms with Crippen LogP contribution < -0.4 is 0 Å². The van der Waals surface area contributed by atoms with Crippen molar-refractivity contribution in [1.82, 2.24) is 4.90 Å². The highest BCUT2D eigenvalue weighted by Gasteiger charge is 2.34. The van der Waals surface area contributed by atoms with E-state index in [-0.39, 0.29) is 24.0 Å². The van der Waals surface area contributed by atoms with E-state index in [1.165, 1.54) is 11.3 Å². The summed E-state index contributed by atoms with van der Waals surface area (Å²) in [6.07, 6.45) is 0.413. The normalized spacial score (nSPS) is 21.5. The Morgan fingerprint density at radius 3 is 2.77 bits per heavy atom. The molecule has 0 saturated carbocycles. The summed E-state index contributed by atoms with van der Waals surface area (Å²) in [5.41, 5.74) is 0. The van der Waals surface area contributed by atoms with Crippen LogP contribution in [-0.2, 0) is 9.84 Å². The van der Waals surface area contributed by atoms with E-state index in [0.29, 0.717) is 17.6 Å². The molecule has 0 radical (unpaired) electrons. The minimum absolute atomic E-state index is 0.0246. The summed E-state index contributed by atoms with van der Waals surface area (Å²) in [5, 5.41) is 1.35. The van der Waals surface area contributed by atoms with E-state index < -0.39 is 15.1 Å². The Morgan fingerprint density at radius 2 is 2.14 bits per heavy atom. The minimum atomic E-state index is -3.25. The average molecular weight is 404 g/mol. The van der Waals surface area contributed by atoms with Crippen molar-refractivity contribution < 1.29 is 17.6 Å². The molecule has 0 aromatic carbocycles. The van der Waals surface area contributed by atoms with Gasteiger partial charge in [0.25, 0.3) is 5.91 Å². The van der Waals surface area contributed by atoms with Gasteiger partial charge in [0.1, 0.15) is 0 Å². The maximum absolute atomic E-state index is 12.4. The number of sulfone groups is 1. The summed E-state index contributed by atoms with van der Waals surface area (Å²) in [5.74, 6) is -0.0741. The lowest BCUT2D eigenvalue weighted by atomic mass is 10.2. The zero-order valence-electron chi connectivity index (χ0n) is 11.6. The topological polar surface area (TPSA) is 67.6 Å². The van der Waals surface area contributed by atoms with E-state index in [4.69, 9.17) is 4.42 Å². The van der Waals surface area contributed by atoms with Gasteiger partial charge in [-0.3, -0.25) is 4.79 Å². The summed E-state index contributed by atoms with van der Waals surface area (Å²) in [6.45, 7) is 0.598. The predicted molar refractivity (Wildman–Crippen MR) is 87.8 cm³/mol. The van der Waals surface area contributed by atoms with E-state index in [1.54, 1.807) is 17.0 Å². The number of halogens is 1. The number of hydrogen-bond acceptors (Lipinski definition) is 5. The van der Waals surface area contributed by atoms with Gasteiger partial charge in [-0.15, -0.1) is 11.3 Å². The van der Waals surface area contributed by atoms with Crippen LogP contribution in [0.1, 0.15) is 27.1 Å². The van der Waals surface area contributed by atoms with Crippen LogP contribution in [0.25, 0.3) is 0 Å².